The first-order chi connectivity index (χ1) is 19.1. The largest absolute Gasteiger partial charge is 0.457 e. The van der Waals surface area contributed by atoms with E-state index in [1.807, 2.05) is 19.1 Å². The van der Waals surface area contributed by atoms with Crippen molar-refractivity contribution in [1.82, 2.24) is 9.55 Å². The molecule has 1 N–H and O–H groups in total. The third-order valence-electron chi connectivity index (χ3n) is 6.15. The normalized spacial score (nSPS) is 11.0. The molecule has 0 aliphatic heterocycles. The maximum Gasteiger partial charge on any atom is 0.275 e. The van der Waals surface area contributed by atoms with Gasteiger partial charge in [0.25, 0.3) is 17.2 Å². The van der Waals surface area contributed by atoms with E-state index in [9.17, 15) is 19.7 Å². The van der Waals surface area contributed by atoms with E-state index >= 15 is 0 Å². The van der Waals surface area contributed by atoms with Crippen molar-refractivity contribution >= 4 is 62.0 Å². The number of carbonyl (C=O) groups is 1. The first kappa shape index (κ1) is 27.3. The molecule has 9 nitrogen and oxygen atoms in total. The zero-order valence-corrected chi connectivity index (χ0v) is 23.4. The maximum atomic E-state index is 13.3. The van der Waals surface area contributed by atoms with Gasteiger partial charge in [0.2, 0.25) is 0 Å². The summed E-state index contributed by atoms with van der Waals surface area (Å²) in [6.07, 6.45) is 1.42. The summed E-state index contributed by atoms with van der Waals surface area (Å²) in [5.74, 6) is 0.0499. The molecule has 0 bridgehead atoms. The number of ether oxygens (including phenoxy) is 1. The number of rotatable bonds is 7. The Morgan fingerprint density at radius 1 is 1.07 bits per heavy atom. The van der Waals surface area contributed by atoms with Gasteiger partial charge in [-0.1, -0.05) is 41.4 Å². The molecule has 5 aromatic rings. The van der Waals surface area contributed by atoms with Crippen molar-refractivity contribution in [2.45, 2.75) is 20.4 Å². The van der Waals surface area contributed by atoms with Crippen LogP contribution in [0.5, 0.6) is 11.5 Å². The topological polar surface area (TPSA) is 116 Å². The maximum absolute atomic E-state index is 13.3. The van der Waals surface area contributed by atoms with Crippen molar-refractivity contribution in [2.75, 3.05) is 5.32 Å². The predicted octanol–water partition coefficient (Wildman–Crippen LogP) is 7.38. The number of aryl methyl sites for hydroxylation is 2. The SMILES string of the molecule is Cc1cc(Oc2cc(NC(=O)c3sc4ncn(Cc5ccccc5Cl)c(=O)c4c3C)cc([N+](=O)[O-])c2)ccc1Cl. The first-order valence-electron chi connectivity index (χ1n) is 11.9. The Bertz CT molecular complexity index is 1870. The number of halogens is 2. The van der Waals surface area contributed by atoms with Crippen LogP contribution < -0.4 is 15.6 Å². The zero-order valence-electron chi connectivity index (χ0n) is 21.1. The standard InChI is InChI=1S/C28H20Cl2N4O5S/c1-15-9-20(7-8-22(15)29)39-21-11-18(10-19(12-21)34(37)38)32-26(35)25-16(2)24-27(40-25)31-14-33(28(24)36)13-17-5-3-4-6-23(17)30/h3-12,14H,13H2,1-2H3,(H,32,35). The van der Waals surface area contributed by atoms with Gasteiger partial charge in [0, 0.05) is 22.2 Å². The summed E-state index contributed by atoms with van der Waals surface area (Å²) in [5, 5.41) is 15.7. The van der Waals surface area contributed by atoms with Crippen LogP contribution in [0.3, 0.4) is 0 Å². The van der Waals surface area contributed by atoms with Crippen molar-refractivity contribution in [2.24, 2.45) is 0 Å². The van der Waals surface area contributed by atoms with Crippen molar-refractivity contribution in [1.29, 1.82) is 0 Å². The molecule has 12 heteroatoms. The van der Waals surface area contributed by atoms with Crippen molar-refractivity contribution in [3.63, 3.8) is 0 Å². The molecule has 1 amide bonds. The number of benzene rings is 3. The molecular formula is C28H20Cl2N4O5S. The summed E-state index contributed by atoms with van der Waals surface area (Å²) < 4.78 is 7.25. The third kappa shape index (κ3) is 5.55. The van der Waals surface area contributed by atoms with Crippen LogP contribution in [-0.4, -0.2) is 20.4 Å². The van der Waals surface area contributed by atoms with E-state index in [1.165, 1.54) is 29.1 Å². The lowest BCUT2D eigenvalue weighted by Crippen LogP contribution is -2.21. The van der Waals surface area contributed by atoms with E-state index in [1.54, 1.807) is 37.3 Å². The predicted molar refractivity (Wildman–Crippen MR) is 156 cm³/mol. The molecule has 2 heterocycles. The Kier molecular flexibility index (Phi) is 7.57. The molecular weight excluding hydrogens is 575 g/mol. The first-order valence-corrected chi connectivity index (χ1v) is 13.4. The minimum Gasteiger partial charge on any atom is -0.457 e. The highest BCUT2D eigenvalue weighted by Gasteiger charge is 2.21. The number of nitro benzene ring substituents is 1. The number of aromatic nitrogens is 2. The summed E-state index contributed by atoms with van der Waals surface area (Å²) >= 11 is 13.4. The number of fused-ring (bicyclic) bond motifs is 1. The van der Waals surface area contributed by atoms with Crippen molar-refractivity contribution < 1.29 is 14.5 Å². The fourth-order valence-corrected chi connectivity index (χ4v) is 5.47. The number of hydrogen-bond acceptors (Lipinski definition) is 7. The van der Waals surface area contributed by atoms with Crippen LogP contribution >= 0.6 is 34.5 Å². The van der Waals surface area contributed by atoms with Gasteiger partial charge < -0.3 is 10.1 Å². The van der Waals surface area contributed by atoms with Gasteiger partial charge in [-0.25, -0.2) is 4.98 Å². The molecule has 0 unspecified atom stereocenters. The monoisotopic (exact) mass is 594 g/mol. The number of hydrogen-bond donors (Lipinski definition) is 1. The number of anilines is 1. The van der Waals surface area contributed by atoms with Crippen LogP contribution in [0.2, 0.25) is 10.0 Å². The number of amides is 1. The minimum absolute atomic E-state index is 0.154. The molecule has 0 saturated carbocycles. The van der Waals surface area contributed by atoms with Gasteiger partial charge in [-0.2, -0.15) is 0 Å². The molecule has 0 aliphatic rings. The van der Waals surface area contributed by atoms with Crippen LogP contribution in [-0.2, 0) is 6.54 Å². The second-order valence-electron chi connectivity index (χ2n) is 8.95. The number of nitrogens with zero attached hydrogens (tertiary/aromatic N) is 3. The van der Waals surface area contributed by atoms with Gasteiger partial charge in [-0.15, -0.1) is 11.3 Å². The number of carbonyl (C=O) groups excluding carboxylic acids is 1. The lowest BCUT2D eigenvalue weighted by atomic mass is 10.2. The summed E-state index contributed by atoms with van der Waals surface area (Å²) in [5.41, 5.74) is 1.58. The molecule has 5 rings (SSSR count). The molecule has 40 heavy (non-hydrogen) atoms. The quantitative estimate of drug-likeness (QED) is 0.155. The Labute approximate surface area is 241 Å². The molecule has 202 valence electrons. The average molecular weight is 595 g/mol. The lowest BCUT2D eigenvalue weighted by molar-refractivity contribution is -0.384. The van der Waals surface area contributed by atoms with Crippen LogP contribution in [0.25, 0.3) is 10.2 Å². The van der Waals surface area contributed by atoms with E-state index in [0.29, 0.717) is 31.6 Å². The fraction of sp³-hybridized carbons (Fsp3) is 0.107. The Hall–Kier alpha value is -4.25. The summed E-state index contributed by atoms with van der Waals surface area (Å²) in [6.45, 7) is 3.70. The highest BCUT2D eigenvalue weighted by Crippen LogP contribution is 2.33. The number of non-ortho nitro benzene ring substituents is 1. The molecule has 3 aromatic carbocycles. The highest BCUT2D eigenvalue weighted by molar-refractivity contribution is 7.20. The summed E-state index contributed by atoms with van der Waals surface area (Å²) in [7, 11) is 0. The molecule has 0 aliphatic carbocycles. The number of thiophene rings is 1. The van der Waals surface area contributed by atoms with Gasteiger partial charge in [0.05, 0.1) is 39.8 Å². The Morgan fingerprint density at radius 3 is 2.58 bits per heavy atom. The third-order valence-corrected chi connectivity index (χ3v) is 8.14. The molecule has 0 atom stereocenters. The van der Waals surface area contributed by atoms with Crippen molar-refractivity contribution in [3.8, 4) is 11.5 Å². The van der Waals surface area contributed by atoms with Crippen LogP contribution in [0.15, 0.2) is 71.8 Å². The molecule has 0 saturated heterocycles. The van der Waals surface area contributed by atoms with E-state index in [0.717, 1.165) is 22.5 Å². The zero-order chi connectivity index (χ0) is 28.6. The van der Waals surface area contributed by atoms with Crippen LogP contribution in [0.1, 0.15) is 26.4 Å². The van der Waals surface area contributed by atoms with E-state index < -0.39 is 10.8 Å². The smallest absolute Gasteiger partial charge is 0.275 e. The second-order valence-corrected chi connectivity index (χ2v) is 10.8. The molecule has 0 fully saturated rings. The van der Waals surface area contributed by atoms with Crippen LogP contribution in [0.4, 0.5) is 11.4 Å². The van der Waals surface area contributed by atoms with E-state index in [2.05, 4.69) is 10.3 Å². The summed E-state index contributed by atoms with van der Waals surface area (Å²) in [6, 6.07) is 16.2. The second kappa shape index (κ2) is 11.1. The van der Waals surface area contributed by atoms with E-state index in [-0.39, 0.29) is 34.1 Å². The fourth-order valence-electron chi connectivity index (χ4n) is 4.12. The van der Waals surface area contributed by atoms with Crippen LogP contribution in [0, 0.1) is 24.0 Å². The molecule has 2 aromatic heterocycles. The number of nitro groups is 1. The van der Waals surface area contributed by atoms with E-state index in [4.69, 9.17) is 27.9 Å². The Morgan fingerprint density at radius 2 is 1.85 bits per heavy atom. The average Bonchev–Trinajstić information content (AvgIpc) is 3.26. The summed E-state index contributed by atoms with van der Waals surface area (Å²) in [4.78, 5) is 42.6. The minimum atomic E-state index is -0.578. The molecule has 0 radical (unpaired) electrons. The van der Waals surface area contributed by atoms with Gasteiger partial charge in [0.15, 0.2) is 0 Å². The Balaban J connectivity index is 1.45. The number of nitrogens with one attached hydrogen (secondary N) is 1. The molecule has 0 spiro atoms. The highest BCUT2D eigenvalue weighted by atomic mass is 35.5. The van der Waals surface area contributed by atoms with Crippen molar-refractivity contribution in [3.05, 3.63) is 119 Å². The van der Waals surface area contributed by atoms with Gasteiger partial charge >= 0.3 is 0 Å². The van der Waals surface area contributed by atoms with Gasteiger partial charge in [-0.05, 0) is 54.8 Å². The van der Waals surface area contributed by atoms with Gasteiger partial charge in [-0.3, -0.25) is 24.3 Å². The van der Waals surface area contributed by atoms with Gasteiger partial charge in [0.1, 0.15) is 16.3 Å². The lowest BCUT2D eigenvalue weighted by Gasteiger charge is -2.10.